The number of ketones is 2. The summed E-state index contributed by atoms with van der Waals surface area (Å²) in [5.74, 6) is -0.913. The number of benzene rings is 1. The van der Waals surface area contributed by atoms with Crippen LogP contribution in [0.25, 0.3) is 0 Å². The molecule has 0 amide bonds. The van der Waals surface area contributed by atoms with Crippen molar-refractivity contribution in [1.29, 1.82) is 0 Å². The Morgan fingerprint density at radius 2 is 2.00 bits per heavy atom. The van der Waals surface area contributed by atoms with Gasteiger partial charge in [0.15, 0.2) is 11.6 Å². The first-order chi connectivity index (χ1) is 10.9. The first-order valence-corrected chi connectivity index (χ1v) is 7.46. The molecule has 0 spiro atoms. The zero-order valence-electron chi connectivity index (χ0n) is 12.8. The third-order valence-electron chi connectivity index (χ3n) is 3.05. The SMILES string of the molecule is CC(C)OC(=O)c1ccc(NCC2=CC(=O)C=CC2=O)cc1Cl. The normalized spacial score (nSPS) is 14.0. The van der Waals surface area contributed by atoms with Crippen LogP contribution in [0.15, 0.2) is 42.0 Å². The number of ether oxygens (including phenoxy) is 1. The van der Waals surface area contributed by atoms with Gasteiger partial charge in [0.05, 0.1) is 16.7 Å². The van der Waals surface area contributed by atoms with E-state index in [1.165, 1.54) is 18.2 Å². The van der Waals surface area contributed by atoms with E-state index in [0.29, 0.717) is 11.3 Å². The second kappa shape index (κ2) is 7.24. The van der Waals surface area contributed by atoms with Crippen LogP contribution in [0.5, 0.6) is 0 Å². The number of anilines is 1. The molecule has 1 aliphatic carbocycles. The molecule has 0 saturated carbocycles. The quantitative estimate of drug-likeness (QED) is 0.662. The van der Waals surface area contributed by atoms with Crippen molar-refractivity contribution in [3.8, 4) is 0 Å². The number of rotatable bonds is 5. The Kier molecular flexibility index (Phi) is 5.34. The maximum absolute atomic E-state index is 11.8. The minimum atomic E-state index is -0.488. The first kappa shape index (κ1) is 17.0. The monoisotopic (exact) mass is 333 g/mol. The largest absolute Gasteiger partial charge is 0.459 e. The zero-order valence-corrected chi connectivity index (χ0v) is 13.5. The molecule has 1 aromatic carbocycles. The second-order valence-electron chi connectivity index (χ2n) is 5.27. The van der Waals surface area contributed by atoms with Crippen LogP contribution in [0.4, 0.5) is 5.69 Å². The highest BCUT2D eigenvalue weighted by molar-refractivity contribution is 6.33. The number of carbonyl (C=O) groups excluding carboxylic acids is 3. The molecule has 120 valence electrons. The molecule has 5 nitrogen and oxygen atoms in total. The Balaban J connectivity index is 2.05. The van der Waals surface area contributed by atoms with Crippen molar-refractivity contribution in [1.82, 2.24) is 0 Å². The summed E-state index contributed by atoms with van der Waals surface area (Å²) in [5, 5.41) is 3.25. The lowest BCUT2D eigenvalue weighted by Crippen LogP contribution is -2.16. The number of carbonyl (C=O) groups is 3. The average Bonchev–Trinajstić information content (AvgIpc) is 2.47. The Morgan fingerprint density at radius 3 is 2.65 bits per heavy atom. The van der Waals surface area contributed by atoms with E-state index in [1.54, 1.807) is 32.0 Å². The van der Waals surface area contributed by atoms with Gasteiger partial charge in [0.25, 0.3) is 0 Å². The van der Waals surface area contributed by atoms with Crippen LogP contribution in [0.1, 0.15) is 24.2 Å². The lowest BCUT2D eigenvalue weighted by Gasteiger charge is -2.12. The fraction of sp³-hybridized carbons (Fsp3) is 0.235. The minimum Gasteiger partial charge on any atom is -0.459 e. The zero-order chi connectivity index (χ0) is 17.0. The van der Waals surface area contributed by atoms with E-state index >= 15 is 0 Å². The van der Waals surface area contributed by atoms with Crippen LogP contribution in [0.3, 0.4) is 0 Å². The van der Waals surface area contributed by atoms with Crippen molar-refractivity contribution in [2.45, 2.75) is 20.0 Å². The molecule has 0 fully saturated rings. The van der Waals surface area contributed by atoms with Crippen LogP contribution in [0.2, 0.25) is 5.02 Å². The van der Waals surface area contributed by atoms with E-state index in [2.05, 4.69) is 5.32 Å². The molecule has 6 heteroatoms. The smallest absolute Gasteiger partial charge is 0.339 e. The summed E-state index contributed by atoms with van der Waals surface area (Å²) in [6, 6.07) is 4.79. The predicted molar refractivity (Wildman–Crippen MR) is 87.7 cm³/mol. The third-order valence-corrected chi connectivity index (χ3v) is 3.36. The molecule has 0 saturated heterocycles. The van der Waals surface area contributed by atoms with Crippen LogP contribution < -0.4 is 5.32 Å². The minimum absolute atomic E-state index is 0.195. The molecule has 1 N–H and O–H groups in total. The molecule has 0 bridgehead atoms. The fourth-order valence-corrected chi connectivity index (χ4v) is 2.22. The van der Waals surface area contributed by atoms with Crippen LogP contribution in [-0.2, 0) is 14.3 Å². The maximum atomic E-state index is 11.8. The van der Waals surface area contributed by atoms with Crippen molar-refractivity contribution in [2.75, 3.05) is 11.9 Å². The van der Waals surface area contributed by atoms with Gasteiger partial charge >= 0.3 is 5.97 Å². The third kappa shape index (κ3) is 4.53. The van der Waals surface area contributed by atoms with Gasteiger partial charge in [-0.2, -0.15) is 0 Å². The van der Waals surface area contributed by atoms with Gasteiger partial charge in [-0.05, 0) is 50.3 Å². The maximum Gasteiger partial charge on any atom is 0.339 e. The second-order valence-corrected chi connectivity index (χ2v) is 5.68. The lowest BCUT2D eigenvalue weighted by atomic mass is 10.0. The lowest BCUT2D eigenvalue weighted by molar-refractivity contribution is -0.114. The van der Waals surface area contributed by atoms with Gasteiger partial charge in [-0.3, -0.25) is 9.59 Å². The van der Waals surface area contributed by atoms with Crippen molar-refractivity contribution in [3.05, 3.63) is 52.6 Å². The molecule has 0 atom stereocenters. The van der Waals surface area contributed by atoms with Gasteiger partial charge in [0.1, 0.15) is 0 Å². The van der Waals surface area contributed by atoms with Crippen molar-refractivity contribution in [3.63, 3.8) is 0 Å². The fourth-order valence-electron chi connectivity index (χ4n) is 1.96. The van der Waals surface area contributed by atoms with E-state index in [0.717, 1.165) is 0 Å². The van der Waals surface area contributed by atoms with E-state index in [1.807, 2.05) is 0 Å². The number of allylic oxidation sites excluding steroid dienone is 3. The number of hydrogen-bond donors (Lipinski definition) is 1. The summed E-state index contributed by atoms with van der Waals surface area (Å²) in [5.41, 5.74) is 1.28. The summed E-state index contributed by atoms with van der Waals surface area (Å²) in [4.78, 5) is 34.8. The summed E-state index contributed by atoms with van der Waals surface area (Å²) >= 11 is 6.09. The Labute approximate surface area is 139 Å². The van der Waals surface area contributed by atoms with Gasteiger partial charge in [-0.15, -0.1) is 0 Å². The Morgan fingerprint density at radius 1 is 1.26 bits per heavy atom. The number of esters is 1. The van der Waals surface area contributed by atoms with Crippen molar-refractivity contribution < 1.29 is 19.1 Å². The molecule has 2 rings (SSSR count). The van der Waals surface area contributed by atoms with E-state index in [-0.39, 0.29) is 34.8 Å². The summed E-state index contributed by atoms with van der Waals surface area (Å²) in [6.07, 6.45) is 3.55. The highest BCUT2D eigenvalue weighted by Gasteiger charge is 2.15. The summed E-state index contributed by atoms with van der Waals surface area (Å²) in [6.45, 7) is 3.71. The highest BCUT2D eigenvalue weighted by atomic mass is 35.5. The molecular formula is C17H16ClNO4. The van der Waals surface area contributed by atoms with Gasteiger partial charge in [-0.25, -0.2) is 4.79 Å². The number of halogens is 1. The topological polar surface area (TPSA) is 72.5 Å². The molecule has 23 heavy (non-hydrogen) atoms. The summed E-state index contributed by atoms with van der Waals surface area (Å²) < 4.78 is 5.10. The molecule has 0 aliphatic heterocycles. The number of nitrogens with one attached hydrogen (secondary N) is 1. The van der Waals surface area contributed by atoms with Crippen molar-refractivity contribution in [2.24, 2.45) is 0 Å². The molecule has 0 unspecified atom stereocenters. The Bertz CT molecular complexity index is 719. The van der Waals surface area contributed by atoms with Crippen LogP contribution in [-0.4, -0.2) is 30.2 Å². The standard InChI is InChI=1S/C17H16ClNO4/c1-10(2)23-17(22)14-5-3-12(8-15(14)18)19-9-11-7-13(20)4-6-16(11)21/h3-8,10,19H,9H2,1-2H3. The van der Waals surface area contributed by atoms with Crippen LogP contribution in [0, 0.1) is 0 Å². The molecule has 0 radical (unpaired) electrons. The van der Waals surface area contributed by atoms with E-state index in [9.17, 15) is 14.4 Å². The number of hydrogen-bond acceptors (Lipinski definition) is 5. The molecule has 0 aromatic heterocycles. The predicted octanol–water partition coefficient (Wildman–Crippen LogP) is 2.95. The first-order valence-electron chi connectivity index (χ1n) is 7.08. The Hall–Kier alpha value is -2.40. The van der Waals surface area contributed by atoms with E-state index < -0.39 is 5.97 Å². The highest BCUT2D eigenvalue weighted by Crippen LogP contribution is 2.22. The van der Waals surface area contributed by atoms with Gasteiger partial charge in [0, 0.05) is 17.8 Å². The average molecular weight is 334 g/mol. The van der Waals surface area contributed by atoms with Crippen molar-refractivity contribution >= 4 is 34.8 Å². The van der Waals surface area contributed by atoms with Gasteiger partial charge in [0.2, 0.25) is 0 Å². The molecule has 1 aliphatic rings. The molecule has 1 aromatic rings. The van der Waals surface area contributed by atoms with Gasteiger partial charge in [-0.1, -0.05) is 11.6 Å². The van der Waals surface area contributed by atoms with Gasteiger partial charge < -0.3 is 10.1 Å². The summed E-state index contributed by atoms with van der Waals surface area (Å²) in [7, 11) is 0. The molecule has 0 heterocycles. The van der Waals surface area contributed by atoms with Crippen LogP contribution >= 0.6 is 11.6 Å². The van der Waals surface area contributed by atoms with E-state index in [4.69, 9.17) is 16.3 Å². The molecular weight excluding hydrogens is 318 g/mol.